The first-order valence-electron chi connectivity index (χ1n) is 6.52. The lowest BCUT2D eigenvalue weighted by molar-refractivity contribution is 0.444. The number of hydrogen-bond acceptors (Lipinski definition) is 2. The largest absolute Gasteiger partial charge is 0.271 e. The van der Waals surface area contributed by atoms with Crippen LogP contribution >= 0.6 is 0 Å². The van der Waals surface area contributed by atoms with Gasteiger partial charge in [-0.1, -0.05) is 49.4 Å². The van der Waals surface area contributed by atoms with Crippen molar-refractivity contribution in [2.45, 2.75) is 25.3 Å². The summed E-state index contributed by atoms with van der Waals surface area (Å²) < 4.78 is 13.0. The fourth-order valence-corrected chi connectivity index (χ4v) is 2.48. The maximum atomic E-state index is 13.0. The Hall–Kier alpha value is -1.71. The number of halogens is 1. The van der Waals surface area contributed by atoms with Crippen molar-refractivity contribution in [2.75, 3.05) is 0 Å². The highest BCUT2D eigenvalue weighted by molar-refractivity contribution is 5.28. The Morgan fingerprint density at radius 2 is 1.63 bits per heavy atom. The summed E-state index contributed by atoms with van der Waals surface area (Å²) in [7, 11) is 0. The molecule has 0 aliphatic rings. The van der Waals surface area contributed by atoms with Gasteiger partial charge in [0.2, 0.25) is 0 Å². The van der Waals surface area contributed by atoms with Crippen LogP contribution in [0.5, 0.6) is 0 Å². The third-order valence-electron chi connectivity index (χ3n) is 3.48. The third kappa shape index (κ3) is 3.19. The first-order chi connectivity index (χ1) is 9.26. The van der Waals surface area contributed by atoms with Gasteiger partial charge in [0.1, 0.15) is 5.82 Å². The van der Waals surface area contributed by atoms with Crippen molar-refractivity contribution in [1.82, 2.24) is 5.43 Å². The molecule has 0 saturated carbocycles. The number of hydrogen-bond donors (Lipinski definition) is 2. The minimum absolute atomic E-state index is 0.0204. The molecule has 3 heteroatoms. The molecular weight excluding hydrogens is 239 g/mol. The molecule has 0 amide bonds. The second kappa shape index (κ2) is 6.45. The Balaban J connectivity index is 2.31. The van der Waals surface area contributed by atoms with Crippen LogP contribution in [0.1, 0.15) is 36.4 Å². The van der Waals surface area contributed by atoms with E-state index in [4.69, 9.17) is 5.84 Å². The molecule has 0 aliphatic carbocycles. The zero-order chi connectivity index (χ0) is 13.7. The van der Waals surface area contributed by atoms with Crippen LogP contribution in [0.3, 0.4) is 0 Å². The second-order valence-corrected chi connectivity index (χ2v) is 4.62. The van der Waals surface area contributed by atoms with Gasteiger partial charge in [-0.15, -0.1) is 0 Å². The Kier molecular flexibility index (Phi) is 4.66. The van der Waals surface area contributed by atoms with E-state index < -0.39 is 0 Å². The lowest BCUT2D eigenvalue weighted by atomic mass is 9.85. The van der Waals surface area contributed by atoms with Crippen LogP contribution in [0.2, 0.25) is 0 Å². The highest BCUT2D eigenvalue weighted by Crippen LogP contribution is 2.33. The number of hydrazine groups is 1. The molecular formula is C16H19FN2. The van der Waals surface area contributed by atoms with Gasteiger partial charge in [-0.2, -0.15) is 0 Å². The normalized spacial score (nSPS) is 14.1. The monoisotopic (exact) mass is 258 g/mol. The van der Waals surface area contributed by atoms with Gasteiger partial charge < -0.3 is 0 Å². The van der Waals surface area contributed by atoms with Crippen LogP contribution in [-0.2, 0) is 0 Å². The summed E-state index contributed by atoms with van der Waals surface area (Å²) in [6.07, 6.45) is 0.955. The quantitative estimate of drug-likeness (QED) is 0.636. The van der Waals surface area contributed by atoms with E-state index in [1.807, 2.05) is 18.2 Å². The van der Waals surface area contributed by atoms with E-state index in [9.17, 15) is 4.39 Å². The van der Waals surface area contributed by atoms with E-state index in [1.54, 1.807) is 12.1 Å². The van der Waals surface area contributed by atoms with Crippen LogP contribution < -0.4 is 11.3 Å². The van der Waals surface area contributed by atoms with Gasteiger partial charge in [0.25, 0.3) is 0 Å². The van der Waals surface area contributed by atoms with Gasteiger partial charge in [-0.05, 0) is 29.7 Å². The predicted octanol–water partition coefficient (Wildman–Crippen LogP) is 3.52. The summed E-state index contributed by atoms with van der Waals surface area (Å²) in [4.78, 5) is 0. The molecule has 2 aromatic carbocycles. The summed E-state index contributed by atoms with van der Waals surface area (Å²) in [5.41, 5.74) is 5.10. The molecule has 0 fully saturated rings. The maximum Gasteiger partial charge on any atom is 0.123 e. The summed E-state index contributed by atoms with van der Waals surface area (Å²) in [5, 5.41) is 0. The number of nitrogens with one attached hydrogen (secondary N) is 1. The fraction of sp³-hybridized carbons (Fsp3) is 0.250. The molecule has 2 rings (SSSR count). The predicted molar refractivity (Wildman–Crippen MR) is 75.9 cm³/mol. The average molecular weight is 258 g/mol. The number of benzene rings is 2. The van der Waals surface area contributed by atoms with Gasteiger partial charge in [-0.25, -0.2) is 4.39 Å². The Morgan fingerprint density at radius 1 is 1.00 bits per heavy atom. The Labute approximate surface area is 113 Å². The van der Waals surface area contributed by atoms with Crippen LogP contribution in [-0.4, -0.2) is 0 Å². The fourth-order valence-electron chi connectivity index (χ4n) is 2.48. The molecule has 0 bridgehead atoms. The summed E-state index contributed by atoms with van der Waals surface area (Å²) in [6, 6.07) is 16.7. The molecule has 0 saturated heterocycles. The lowest BCUT2D eigenvalue weighted by Crippen LogP contribution is -2.32. The van der Waals surface area contributed by atoms with Gasteiger partial charge in [0.05, 0.1) is 6.04 Å². The smallest absolute Gasteiger partial charge is 0.123 e. The van der Waals surface area contributed by atoms with Gasteiger partial charge >= 0.3 is 0 Å². The summed E-state index contributed by atoms with van der Waals surface area (Å²) in [6.45, 7) is 2.13. The van der Waals surface area contributed by atoms with Crippen molar-refractivity contribution in [2.24, 2.45) is 5.84 Å². The van der Waals surface area contributed by atoms with Crippen molar-refractivity contribution >= 4 is 0 Å². The standard InChI is InChI=1S/C16H19FN2/c1-2-15(12-6-4-3-5-7-12)16(19-18)13-8-10-14(17)11-9-13/h3-11,15-16,19H,2,18H2,1H3. The van der Waals surface area contributed by atoms with E-state index in [1.165, 1.54) is 17.7 Å². The van der Waals surface area contributed by atoms with Crippen LogP contribution in [0.4, 0.5) is 4.39 Å². The van der Waals surface area contributed by atoms with Crippen LogP contribution in [0.15, 0.2) is 54.6 Å². The van der Waals surface area contributed by atoms with Crippen molar-refractivity contribution in [3.05, 3.63) is 71.5 Å². The second-order valence-electron chi connectivity index (χ2n) is 4.62. The van der Waals surface area contributed by atoms with Crippen molar-refractivity contribution < 1.29 is 4.39 Å². The van der Waals surface area contributed by atoms with E-state index in [0.29, 0.717) is 0 Å². The van der Waals surface area contributed by atoms with E-state index in [2.05, 4.69) is 24.5 Å². The summed E-state index contributed by atoms with van der Waals surface area (Å²) in [5.74, 6) is 5.74. The molecule has 100 valence electrons. The van der Waals surface area contributed by atoms with Gasteiger partial charge in [-0.3, -0.25) is 11.3 Å². The highest BCUT2D eigenvalue weighted by atomic mass is 19.1. The zero-order valence-corrected chi connectivity index (χ0v) is 11.0. The maximum absolute atomic E-state index is 13.0. The van der Waals surface area contributed by atoms with Crippen LogP contribution in [0.25, 0.3) is 0 Å². The lowest BCUT2D eigenvalue weighted by Gasteiger charge is -2.26. The molecule has 19 heavy (non-hydrogen) atoms. The Bertz CT molecular complexity index is 496. The van der Waals surface area contributed by atoms with E-state index >= 15 is 0 Å². The first-order valence-corrected chi connectivity index (χ1v) is 6.52. The van der Waals surface area contributed by atoms with E-state index in [0.717, 1.165) is 12.0 Å². The molecule has 3 N–H and O–H groups in total. The minimum Gasteiger partial charge on any atom is -0.271 e. The van der Waals surface area contributed by atoms with Gasteiger partial charge in [0.15, 0.2) is 0 Å². The van der Waals surface area contributed by atoms with Crippen molar-refractivity contribution in [1.29, 1.82) is 0 Å². The van der Waals surface area contributed by atoms with Gasteiger partial charge in [0, 0.05) is 5.92 Å². The molecule has 2 unspecified atom stereocenters. The first kappa shape index (κ1) is 13.7. The molecule has 2 aromatic rings. The molecule has 0 spiro atoms. The topological polar surface area (TPSA) is 38.0 Å². The Morgan fingerprint density at radius 3 is 2.16 bits per heavy atom. The molecule has 2 atom stereocenters. The van der Waals surface area contributed by atoms with E-state index in [-0.39, 0.29) is 17.8 Å². The SMILES string of the molecule is CCC(c1ccccc1)C(NN)c1ccc(F)cc1. The minimum atomic E-state index is -0.229. The highest BCUT2D eigenvalue weighted by Gasteiger charge is 2.22. The molecule has 2 nitrogen and oxygen atoms in total. The van der Waals surface area contributed by atoms with Crippen molar-refractivity contribution in [3.63, 3.8) is 0 Å². The molecule has 0 aliphatic heterocycles. The zero-order valence-electron chi connectivity index (χ0n) is 11.0. The summed E-state index contributed by atoms with van der Waals surface area (Å²) >= 11 is 0. The van der Waals surface area contributed by atoms with Crippen molar-refractivity contribution in [3.8, 4) is 0 Å². The molecule has 0 radical (unpaired) electrons. The molecule has 0 aromatic heterocycles. The molecule has 0 heterocycles. The van der Waals surface area contributed by atoms with Crippen LogP contribution in [0, 0.1) is 5.82 Å². The average Bonchev–Trinajstić information content (AvgIpc) is 2.47. The third-order valence-corrected chi connectivity index (χ3v) is 3.48. The number of nitrogens with two attached hydrogens (primary N) is 1. The number of rotatable bonds is 5.